The van der Waals surface area contributed by atoms with Crippen LogP contribution in [-0.2, 0) is 5.41 Å². The van der Waals surface area contributed by atoms with Crippen molar-refractivity contribution in [2.24, 2.45) is 15.2 Å². The second-order valence-corrected chi connectivity index (χ2v) is 4.56. The number of nitrogens with zero attached hydrogens (tertiary/aromatic N) is 3. The highest BCUT2D eigenvalue weighted by Gasteiger charge is 2.40. The van der Waals surface area contributed by atoms with Crippen molar-refractivity contribution in [2.75, 3.05) is 19.8 Å². The Labute approximate surface area is 101 Å². The van der Waals surface area contributed by atoms with Crippen molar-refractivity contribution in [1.82, 2.24) is 5.32 Å². The third kappa shape index (κ3) is 1.78. The van der Waals surface area contributed by atoms with E-state index < -0.39 is 0 Å². The molecule has 0 saturated carbocycles. The van der Waals surface area contributed by atoms with Crippen LogP contribution in [0.3, 0.4) is 0 Å². The summed E-state index contributed by atoms with van der Waals surface area (Å²) in [6.45, 7) is 2.53. The first kappa shape index (κ1) is 10.6. The van der Waals surface area contributed by atoms with Gasteiger partial charge in [0.25, 0.3) is 0 Å². The maximum Gasteiger partial charge on any atom is 0.158 e. The van der Waals surface area contributed by atoms with Gasteiger partial charge in [0.1, 0.15) is 0 Å². The molecule has 1 fully saturated rings. The summed E-state index contributed by atoms with van der Waals surface area (Å²) in [5.74, 6) is 0.921. The van der Waals surface area contributed by atoms with Gasteiger partial charge in [-0.05, 0) is 31.5 Å². The average Bonchev–Trinajstić information content (AvgIpc) is 2.95. The van der Waals surface area contributed by atoms with E-state index in [1.165, 1.54) is 5.56 Å². The molecule has 0 bridgehead atoms. The molecule has 3 rings (SSSR count). The molecule has 88 valence electrons. The summed E-state index contributed by atoms with van der Waals surface area (Å²) in [6.07, 6.45) is 2.10. The third-order valence-corrected chi connectivity index (χ3v) is 3.66. The lowest BCUT2D eigenvalue weighted by Crippen LogP contribution is -2.44. The second kappa shape index (κ2) is 4.37. The van der Waals surface area contributed by atoms with Crippen LogP contribution in [0.2, 0.25) is 0 Å². The standard InChI is InChI=1S/C13H16N4/c1-2-4-11(5-3-1)13(6-8-14-9-7-13)12-15-10-16-17-12/h1-5,14H,6-10H2. The fraction of sp³-hybridized carbons (Fsp3) is 0.462. The summed E-state index contributed by atoms with van der Waals surface area (Å²) in [5, 5.41) is 11.7. The molecule has 1 aromatic carbocycles. The third-order valence-electron chi connectivity index (χ3n) is 3.66. The normalized spacial score (nSPS) is 22.5. The van der Waals surface area contributed by atoms with Gasteiger partial charge in [0, 0.05) is 0 Å². The Kier molecular flexibility index (Phi) is 2.73. The number of aliphatic imine (C=N–C) groups is 1. The zero-order valence-electron chi connectivity index (χ0n) is 9.76. The Balaban J connectivity index is 2.04. The van der Waals surface area contributed by atoms with Gasteiger partial charge in [-0.2, -0.15) is 5.11 Å². The number of piperidine rings is 1. The van der Waals surface area contributed by atoms with E-state index in [4.69, 9.17) is 0 Å². The van der Waals surface area contributed by atoms with Crippen LogP contribution < -0.4 is 5.32 Å². The largest absolute Gasteiger partial charge is 0.317 e. The summed E-state index contributed by atoms with van der Waals surface area (Å²) in [4.78, 5) is 4.46. The smallest absolute Gasteiger partial charge is 0.158 e. The average molecular weight is 228 g/mol. The lowest BCUT2D eigenvalue weighted by atomic mass is 9.72. The highest BCUT2D eigenvalue weighted by Crippen LogP contribution is 2.36. The van der Waals surface area contributed by atoms with Gasteiger partial charge in [-0.15, -0.1) is 5.11 Å². The van der Waals surface area contributed by atoms with Crippen LogP contribution in [0.4, 0.5) is 0 Å². The molecule has 0 radical (unpaired) electrons. The van der Waals surface area contributed by atoms with Crippen LogP contribution in [0.15, 0.2) is 45.6 Å². The summed E-state index contributed by atoms with van der Waals surface area (Å²) < 4.78 is 0. The molecule has 1 saturated heterocycles. The molecule has 1 aromatic rings. The first-order valence-electron chi connectivity index (χ1n) is 6.10. The minimum Gasteiger partial charge on any atom is -0.317 e. The van der Waals surface area contributed by atoms with Crippen LogP contribution in [-0.4, -0.2) is 25.6 Å². The van der Waals surface area contributed by atoms with Crippen LogP contribution in [0.1, 0.15) is 18.4 Å². The molecule has 2 aliphatic heterocycles. The number of azo groups is 1. The Morgan fingerprint density at radius 1 is 1.06 bits per heavy atom. The number of amidine groups is 1. The van der Waals surface area contributed by atoms with Gasteiger partial charge in [-0.3, -0.25) is 0 Å². The molecule has 4 heteroatoms. The molecule has 0 atom stereocenters. The van der Waals surface area contributed by atoms with Crippen LogP contribution in [0.25, 0.3) is 0 Å². The Hall–Kier alpha value is -1.55. The SMILES string of the molecule is c1ccc(C2(C3=NCN=N3)CCNCC2)cc1. The number of nitrogens with one attached hydrogen (secondary N) is 1. The molecule has 17 heavy (non-hydrogen) atoms. The van der Waals surface area contributed by atoms with Gasteiger partial charge < -0.3 is 5.32 Å². The maximum absolute atomic E-state index is 4.46. The van der Waals surface area contributed by atoms with E-state index in [1.54, 1.807) is 0 Å². The number of benzene rings is 1. The van der Waals surface area contributed by atoms with E-state index in [2.05, 4.69) is 50.9 Å². The van der Waals surface area contributed by atoms with Crippen LogP contribution in [0.5, 0.6) is 0 Å². The van der Waals surface area contributed by atoms with E-state index in [-0.39, 0.29) is 5.41 Å². The van der Waals surface area contributed by atoms with E-state index in [0.29, 0.717) is 6.67 Å². The Bertz CT molecular complexity index is 444. The van der Waals surface area contributed by atoms with E-state index in [0.717, 1.165) is 31.8 Å². The Morgan fingerprint density at radius 3 is 2.47 bits per heavy atom. The molecule has 1 N–H and O–H groups in total. The number of hydrogen-bond donors (Lipinski definition) is 1. The lowest BCUT2D eigenvalue weighted by molar-refractivity contribution is 0.394. The fourth-order valence-corrected chi connectivity index (χ4v) is 2.73. The summed E-state index contributed by atoms with van der Waals surface area (Å²) >= 11 is 0. The second-order valence-electron chi connectivity index (χ2n) is 4.56. The molecule has 0 spiro atoms. The van der Waals surface area contributed by atoms with E-state index in [9.17, 15) is 0 Å². The minimum atomic E-state index is -0.0213. The molecule has 0 aliphatic carbocycles. The van der Waals surface area contributed by atoms with Crippen molar-refractivity contribution in [2.45, 2.75) is 18.3 Å². The molecule has 4 nitrogen and oxygen atoms in total. The first-order chi connectivity index (χ1) is 8.42. The van der Waals surface area contributed by atoms with Gasteiger partial charge >= 0.3 is 0 Å². The van der Waals surface area contributed by atoms with Crippen molar-refractivity contribution >= 4 is 5.84 Å². The van der Waals surface area contributed by atoms with Crippen molar-refractivity contribution in [3.63, 3.8) is 0 Å². The molecule has 2 aliphatic rings. The summed E-state index contributed by atoms with van der Waals surface area (Å²) in [6, 6.07) is 10.6. The molecule has 0 amide bonds. The van der Waals surface area contributed by atoms with Crippen molar-refractivity contribution < 1.29 is 0 Å². The minimum absolute atomic E-state index is 0.0213. The first-order valence-corrected chi connectivity index (χ1v) is 6.10. The lowest BCUT2D eigenvalue weighted by Gasteiger charge is -2.36. The summed E-state index contributed by atoms with van der Waals surface area (Å²) in [5.41, 5.74) is 1.30. The molecular weight excluding hydrogens is 212 g/mol. The van der Waals surface area contributed by atoms with Crippen molar-refractivity contribution in [1.29, 1.82) is 0 Å². The molecule has 2 heterocycles. The maximum atomic E-state index is 4.46. The number of rotatable bonds is 2. The predicted octanol–water partition coefficient (Wildman–Crippen LogP) is 2.13. The highest BCUT2D eigenvalue weighted by atomic mass is 15.3. The van der Waals surface area contributed by atoms with Crippen LogP contribution >= 0.6 is 0 Å². The monoisotopic (exact) mass is 228 g/mol. The van der Waals surface area contributed by atoms with Crippen molar-refractivity contribution in [3.8, 4) is 0 Å². The highest BCUT2D eigenvalue weighted by molar-refractivity contribution is 5.94. The zero-order valence-corrected chi connectivity index (χ0v) is 9.76. The molecule has 0 unspecified atom stereocenters. The van der Waals surface area contributed by atoms with Crippen LogP contribution in [0, 0.1) is 0 Å². The van der Waals surface area contributed by atoms with Gasteiger partial charge in [0.15, 0.2) is 12.5 Å². The molecular formula is C13H16N4. The topological polar surface area (TPSA) is 49.1 Å². The quantitative estimate of drug-likeness (QED) is 0.828. The van der Waals surface area contributed by atoms with E-state index >= 15 is 0 Å². The van der Waals surface area contributed by atoms with Gasteiger partial charge in [0.05, 0.1) is 5.41 Å². The van der Waals surface area contributed by atoms with Gasteiger partial charge in [-0.25, -0.2) is 4.99 Å². The predicted molar refractivity (Wildman–Crippen MR) is 67.4 cm³/mol. The van der Waals surface area contributed by atoms with E-state index in [1.807, 2.05) is 0 Å². The summed E-state index contributed by atoms with van der Waals surface area (Å²) in [7, 11) is 0. The zero-order chi connectivity index (χ0) is 11.6. The number of hydrogen-bond acceptors (Lipinski definition) is 4. The van der Waals surface area contributed by atoms with Crippen molar-refractivity contribution in [3.05, 3.63) is 35.9 Å². The van der Waals surface area contributed by atoms with Gasteiger partial charge in [-0.1, -0.05) is 30.3 Å². The fourth-order valence-electron chi connectivity index (χ4n) is 2.73. The molecule has 0 aromatic heterocycles. The van der Waals surface area contributed by atoms with Gasteiger partial charge in [0.2, 0.25) is 0 Å². The Morgan fingerprint density at radius 2 is 1.82 bits per heavy atom.